The Morgan fingerprint density at radius 1 is 1.21 bits per heavy atom. The van der Waals surface area contributed by atoms with E-state index in [-0.39, 0.29) is 17.8 Å². The Morgan fingerprint density at radius 2 is 1.84 bits per heavy atom. The van der Waals surface area contributed by atoms with E-state index >= 15 is 0 Å². The quantitative estimate of drug-likeness (QED) is 0.877. The maximum Gasteiger partial charge on any atom is 0.0834 e. The summed E-state index contributed by atoms with van der Waals surface area (Å²) < 4.78 is 6.09. The summed E-state index contributed by atoms with van der Waals surface area (Å²) in [5, 5.41) is 12.5. The highest BCUT2D eigenvalue weighted by Gasteiger charge is 2.45. The van der Waals surface area contributed by atoms with E-state index in [9.17, 15) is 0 Å². The molecular weight excluding hydrogens is 238 g/mol. The van der Waals surface area contributed by atoms with Crippen molar-refractivity contribution in [2.45, 2.75) is 57.8 Å². The number of hydrogen-bond acceptors (Lipinski definition) is 3. The number of rotatable bonds is 4. The van der Waals surface area contributed by atoms with Crippen LogP contribution < -0.4 is 5.32 Å². The molecule has 0 bridgehead atoms. The van der Waals surface area contributed by atoms with Crippen LogP contribution in [0.25, 0.3) is 0 Å². The van der Waals surface area contributed by atoms with Crippen LogP contribution in [-0.4, -0.2) is 29.0 Å². The van der Waals surface area contributed by atoms with E-state index in [1.165, 1.54) is 0 Å². The van der Waals surface area contributed by atoms with Crippen LogP contribution in [0.3, 0.4) is 0 Å². The van der Waals surface area contributed by atoms with Gasteiger partial charge in [-0.3, -0.25) is 0 Å². The Labute approximate surface area is 116 Å². The third kappa shape index (κ3) is 3.48. The van der Waals surface area contributed by atoms with E-state index in [1.54, 1.807) is 0 Å². The first-order chi connectivity index (χ1) is 8.82. The van der Waals surface area contributed by atoms with Gasteiger partial charge in [0.2, 0.25) is 0 Å². The highest BCUT2D eigenvalue weighted by Crippen LogP contribution is 2.38. The fraction of sp³-hybridized carbons (Fsp3) is 0.625. The van der Waals surface area contributed by atoms with Crippen molar-refractivity contribution in [1.29, 1.82) is 0 Å². The topological polar surface area (TPSA) is 41.5 Å². The van der Waals surface area contributed by atoms with E-state index in [2.05, 4.69) is 57.3 Å². The maximum absolute atomic E-state index is 8.91. The van der Waals surface area contributed by atoms with Gasteiger partial charge < -0.3 is 15.2 Å². The van der Waals surface area contributed by atoms with E-state index in [0.29, 0.717) is 12.5 Å². The molecule has 1 aromatic carbocycles. The molecule has 1 heterocycles. The van der Waals surface area contributed by atoms with Crippen LogP contribution in [0.5, 0.6) is 0 Å². The molecule has 19 heavy (non-hydrogen) atoms. The zero-order valence-corrected chi connectivity index (χ0v) is 12.4. The Bertz CT molecular complexity index is 423. The van der Waals surface area contributed by atoms with Crippen LogP contribution >= 0.6 is 0 Å². The molecule has 1 aromatic rings. The second-order valence-electron chi connectivity index (χ2n) is 6.54. The molecule has 1 atom stereocenters. The fourth-order valence-corrected chi connectivity index (χ4v) is 2.89. The fourth-order valence-electron chi connectivity index (χ4n) is 2.89. The molecule has 0 radical (unpaired) electrons. The summed E-state index contributed by atoms with van der Waals surface area (Å²) in [6, 6.07) is 8.59. The maximum atomic E-state index is 8.91. The van der Waals surface area contributed by atoms with Gasteiger partial charge in [0.25, 0.3) is 0 Å². The molecule has 3 heteroatoms. The van der Waals surface area contributed by atoms with Gasteiger partial charge in [0, 0.05) is 12.3 Å². The first-order valence-electron chi connectivity index (χ1n) is 6.99. The van der Waals surface area contributed by atoms with Crippen LogP contribution in [0.1, 0.15) is 39.7 Å². The van der Waals surface area contributed by atoms with Gasteiger partial charge in [-0.15, -0.1) is 0 Å². The van der Waals surface area contributed by atoms with Crippen molar-refractivity contribution in [3.8, 4) is 0 Å². The summed E-state index contributed by atoms with van der Waals surface area (Å²) in [6.45, 7) is 8.76. The number of anilines is 1. The summed E-state index contributed by atoms with van der Waals surface area (Å²) in [6.07, 6.45) is 1.71. The van der Waals surface area contributed by atoms with Crippen molar-refractivity contribution in [3.63, 3.8) is 0 Å². The van der Waals surface area contributed by atoms with Gasteiger partial charge >= 0.3 is 0 Å². The number of nitrogens with one attached hydrogen (secondary N) is 1. The lowest BCUT2D eigenvalue weighted by molar-refractivity contribution is -0.0662. The van der Waals surface area contributed by atoms with Crippen LogP contribution in [0.15, 0.2) is 24.3 Å². The van der Waals surface area contributed by atoms with Gasteiger partial charge in [-0.1, -0.05) is 12.1 Å². The summed E-state index contributed by atoms with van der Waals surface area (Å²) in [7, 11) is 0. The molecule has 1 aliphatic heterocycles. The summed E-state index contributed by atoms with van der Waals surface area (Å²) in [5.74, 6) is 0. The molecule has 0 aliphatic carbocycles. The van der Waals surface area contributed by atoms with Crippen LogP contribution in [0.4, 0.5) is 5.69 Å². The van der Waals surface area contributed by atoms with Crippen molar-refractivity contribution in [3.05, 3.63) is 29.8 Å². The lowest BCUT2D eigenvalue weighted by Crippen LogP contribution is -2.38. The normalized spacial score (nSPS) is 24.4. The summed E-state index contributed by atoms with van der Waals surface area (Å²) in [4.78, 5) is 0. The van der Waals surface area contributed by atoms with Gasteiger partial charge in [0.15, 0.2) is 0 Å². The van der Waals surface area contributed by atoms with Crippen molar-refractivity contribution in [1.82, 2.24) is 0 Å². The zero-order chi connectivity index (χ0) is 14.1. The molecule has 3 nitrogen and oxygen atoms in total. The molecule has 1 fully saturated rings. The van der Waals surface area contributed by atoms with Crippen molar-refractivity contribution in [2.75, 3.05) is 11.9 Å². The summed E-state index contributed by atoms with van der Waals surface area (Å²) in [5.41, 5.74) is 2.04. The molecule has 106 valence electrons. The van der Waals surface area contributed by atoms with Gasteiger partial charge in [-0.25, -0.2) is 0 Å². The number of aliphatic hydroxyl groups is 1. The Hall–Kier alpha value is -1.06. The molecule has 0 amide bonds. The largest absolute Gasteiger partial charge is 0.396 e. The molecular formula is C16H25NO2. The second kappa shape index (κ2) is 5.14. The average molecular weight is 263 g/mol. The predicted octanol–water partition coefficient (Wildman–Crippen LogP) is 2.98. The molecule has 1 saturated heterocycles. The summed E-state index contributed by atoms with van der Waals surface area (Å²) >= 11 is 0. The van der Waals surface area contributed by atoms with Crippen LogP contribution in [0, 0.1) is 0 Å². The SMILES string of the molecule is CC1(C)CC(Nc2ccc(CCO)cc2)C(C)(C)O1. The van der Waals surface area contributed by atoms with Crippen molar-refractivity contribution in [2.24, 2.45) is 0 Å². The van der Waals surface area contributed by atoms with E-state index < -0.39 is 0 Å². The average Bonchev–Trinajstić information content (AvgIpc) is 2.50. The number of benzene rings is 1. The monoisotopic (exact) mass is 263 g/mol. The van der Waals surface area contributed by atoms with Crippen molar-refractivity contribution >= 4 is 5.69 Å². The predicted molar refractivity (Wildman–Crippen MR) is 78.5 cm³/mol. The molecule has 0 aromatic heterocycles. The van der Waals surface area contributed by atoms with Gasteiger partial charge in [0.1, 0.15) is 0 Å². The molecule has 2 rings (SSSR count). The highest BCUT2D eigenvalue weighted by molar-refractivity contribution is 5.46. The molecule has 2 N–H and O–H groups in total. The zero-order valence-electron chi connectivity index (χ0n) is 12.4. The Balaban J connectivity index is 2.05. The lowest BCUT2D eigenvalue weighted by Gasteiger charge is -2.28. The Morgan fingerprint density at radius 3 is 2.32 bits per heavy atom. The third-order valence-corrected chi connectivity index (χ3v) is 3.77. The minimum Gasteiger partial charge on any atom is -0.396 e. The van der Waals surface area contributed by atoms with Crippen LogP contribution in [0.2, 0.25) is 0 Å². The standard InChI is InChI=1S/C16H25NO2/c1-15(2)11-14(16(3,4)19-15)17-13-7-5-12(6-8-13)9-10-18/h5-8,14,17-18H,9-11H2,1-4H3. The number of aliphatic hydroxyl groups excluding tert-OH is 1. The highest BCUT2D eigenvalue weighted by atomic mass is 16.5. The molecule has 1 unspecified atom stereocenters. The Kier molecular flexibility index (Phi) is 3.88. The third-order valence-electron chi connectivity index (χ3n) is 3.77. The van der Waals surface area contributed by atoms with Crippen LogP contribution in [-0.2, 0) is 11.2 Å². The molecule has 0 spiro atoms. The minimum atomic E-state index is -0.159. The first kappa shape index (κ1) is 14.4. The lowest BCUT2D eigenvalue weighted by atomic mass is 9.94. The van der Waals surface area contributed by atoms with E-state index in [4.69, 9.17) is 9.84 Å². The smallest absolute Gasteiger partial charge is 0.0834 e. The van der Waals surface area contributed by atoms with E-state index in [0.717, 1.165) is 17.7 Å². The van der Waals surface area contributed by atoms with Gasteiger partial charge in [-0.2, -0.15) is 0 Å². The second-order valence-corrected chi connectivity index (χ2v) is 6.54. The molecule has 0 saturated carbocycles. The van der Waals surface area contributed by atoms with E-state index in [1.807, 2.05) is 0 Å². The van der Waals surface area contributed by atoms with Crippen molar-refractivity contribution < 1.29 is 9.84 Å². The van der Waals surface area contributed by atoms with Gasteiger partial charge in [-0.05, 0) is 58.2 Å². The minimum absolute atomic E-state index is 0.0714. The molecule has 1 aliphatic rings. The number of ether oxygens (including phenoxy) is 1. The van der Waals surface area contributed by atoms with Gasteiger partial charge in [0.05, 0.1) is 17.2 Å². The first-order valence-corrected chi connectivity index (χ1v) is 6.99. The number of hydrogen-bond donors (Lipinski definition) is 2.